The van der Waals surface area contributed by atoms with Crippen molar-refractivity contribution in [3.05, 3.63) is 64.8 Å². The Morgan fingerprint density at radius 2 is 1.93 bits per heavy atom. The van der Waals surface area contributed by atoms with Crippen molar-refractivity contribution in [2.24, 2.45) is 0 Å². The van der Waals surface area contributed by atoms with Crippen LogP contribution in [-0.2, 0) is 6.42 Å². The number of aromatic nitrogens is 3. The predicted molar refractivity (Wildman–Crippen MR) is 105 cm³/mol. The van der Waals surface area contributed by atoms with Gasteiger partial charge in [-0.1, -0.05) is 13.0 Å². The molecule has 0 saturated heterocycles. The molecule has 138 valence electrons. The molecule has 0 spiro atoms. The minimum atomic E-state index is -0.874. The van der Waals surface area contributed by atoms with Crippen molar-refractivity contribution in [1.82, 2.24) is 14.4 Å². The molecule has 0 saturated carbocycles. The number of pyridine rings is 1. The highest BCUT2D eigenvalue weighted by molar-refractivity contribution is 7.14. The molecule has 0 N–H and O–H groups in total. The maximum atomic E-state index is 13.5. The van der Waals surface area contributed by atoms with Gasteiger partial charge < -0.3 is 4.90 Å². The number of anilines is 2. The molecule has 0 amide bonds. The summed E-state index contributed by atoms with van der Waals surface area (Å²) in [6, 6.07) is 7.86. The van der Waals surface area contributed by atoms with E-state index in [0.717, 1.165) is 40.3 Å². The lowest BCUT2D eigenvalue weighted by Gasteiger charge is -2.17. The van der Waals surface area contributed by atoms with Gasteiger partial charge in [0.1, 0.15) is 11.5 Å². The second kappa shape index (κ2) is 6.74. The summed E-state index contributed by atoms with van der Waals surface area (Å²) < 4.78 is 28.8. The Labute approximate surface area is 159 Å². The molecule has 0 aliphatic carbocycles. The molecule has 4 rings (SSSR count). The van der Waals surface area contributed by atoms with E-state index in [4.69, 9.17) is 4.98 Å². The average molecular weight is 384 g/mol. The molecule has 0 aliphatic rings. The molecule has 3 heterocycles. The highest BCUT2D eigenvalue weighted by Crippen LogP contribution is 2.34. The third-order valence-corrected chi connectivity index (χ3v) is 5.37. The van der Waals surface area contributed by atoms with Crippen molar-refractivity contribution in [2.45, 2.75) is 20.3 Å². The first-order valence-corrected chi connectivity index (χ1v) is 9.48. The van der Waals surface area contributed by atoms with Crippen LogP contribution in [0.2, 0.25) is 0 Å². The lowest BCUT2D eigenvalue weighted by atomic mass is 10.2. The summed E-state index contributed by atoms with van der Waals surface area (Å²) in [5, 5.41) is 2.60. The number of imidazole rings is 1. The quantitative estimate of drug-likeness (QED) is 0.474. The fraction of sp³-hybridized carbons (Fsp3) is 0.200. The number of nitrogens with zero attached hydrogens (tertiary/aromatic N) is 4. The van der Waals surface area contributed by atoms with E-state index in [-0.39, 0.29) is 0 Å². The summed E-state index contributed by atoms with van der Waals surface area (Å²) in [5.41, 5.74) is 4.17. The first-order valence-electron chi connectivity index (χ1n) is 8.60. The standard InChI is InChI=1S/C20H18F2N4S/c1-4-16-19(26-10-12(2)5-8-18(26)23-16)25(3)20-24-17(11-27-20)13-6-7-14(21)15(22)9-13/h5-11H,4H2,1-3H3. The van der Waals surface area contributed by atoms with Gasteiger partial charge in [-0.05, 0) is 43.2 Å². The van der Waals surface area contributed by atoms with Crippen LogP contribution in [0.15, 0.2) is 41.9 Å². The van der Waals surface area contributed by atoms with Crippen molar-refractivity contribution in [1.29, 1.82) is 0 Å². The molecule has 4 aromatic rings. The van der Waals surface area contributed by atoms with Gasteiger partial charge >= 0.3 is 0 Å². The molecule has 7 heteroatoms. The second-order valence-corrected chi connectivity index (χ2v) is 7.21. The van der Waals surface area contributed by atoms with Gasteiger partial charge in [0.15, 0.2) is 16.8 Å². The number of hydrogen-bond acceptors (Lipinski definition) is 4. The minimum absolute atomic E-state index is 0.550. The van der Waals surface area contributed by atoms with E-state index in [1.807, 2.05) is 36.4 Å². The maximum Gasteiger partial charge on any atom is 0.191 e. The van der Waals surface area contributed by atoms with Gasteiger partial charge in [0, 0.05) is 24.2 Å². The van der Waals surface area contributed by atoms with Gasteiger partial charge in [-0.25, -0.2) is 18.7 Å². The number of thiazole rings is 1. The van der Waals surface area contributed by atoms with Crippen LogP contribution in [0.25, 0.3) is 16.9 Å². The number of aryl methyl sites for hydroxylation is 2. The van der Waals surface area contributed by atoms with Crippen molar-refractivity contribution in [3.8, 4) is 11.3 Å². The molecule has 0 fully saturated rings. The van der Waals surface area contributed by atoms with Crippen molar-refractivity contribution in [2.75, 3.05) is 11.9 Å². The van der Waals surface area contributed by atoms with E-state index >= 15 is 0 Å². The summed E-state index contributed by atoms with van der Waals surface area (Å²) in [6.07, 6.45) is 2.85. The molecule has 0 bridgehead atoms. The SMILES string of the molecule is CCc1nc2ccc(C)cn2c1N(C)c1nc(-c2ccc(F)c(F)c2)cs1. The van der Waals surface area contributed by atoms with E-state index < -0.39 is 11.6 Å². The number of fused-ring (bicyclic) bond motifs is 1. The third-order valence-electron chi connectivity index (χ3n) is 4.46. The largest absolute Gasteiger partial charge is 0.305 e. The lowest BCUT2D eigenvalue weighted by Crippen LogP contribution is -2.13. The molecule has 27 heavy (non-hydrogen) atoms. The first-order chi connectivity index (χ1) is 13.0. The number of halogens is 2. The van der Waals surface area contributed by atoms with Crippen LogP contribution in [0, 0.1) is 18.6 Å². The lowest BCUT2D eigenvalue weighted by molar-refractivity contribution is 0.509. The van der Waals surface area contributed by atoms with Crippen LogP contribution >= 0.6 is 11.3 Å². The Balaban J connectivity index is 1.77. The van der Waals surface area contributed by atoms with Gasteiger partial charge in [-0.15, -0.1) is 11.3 Å². The molecular weight excluding hydrogens is 366 g/mol. The van der Waals surface area contributed by atoms with Crippen LogP contribution in [0.3, 0.4) is 0 Å². The van der Waals surface area contributed by atoms with Crippen LogP contribution in [0.5, 0.6) is 0 Å². The molecule has 0 radical (unpaired) electrons. The topological polar surface area (TPSA) is 33.4 Å². The molecule has 3 aromatic heterocycles. The Kier molecular flexibility index (Phi) is 4.39. The Hall–Kier alpha value is -2.80. The zero-order valence-corrected chi connectivity index (χ0v) is 16.0. The van der Waals surface area contributed by atoms with Gasteiger partial charge in [0.2, 0.25) is 0 Å². The van der Waals surface area contributed by atoms with Crippen molar-refractivity contribution in [3.63, 3.8) is 0 Å². The zero-order chi connectivity index (χ0) is 19.1. The van der Waals surface area contributed by atoms with Crippen LogP contribution in [-0.4, -0.2) is 21.4 Å². The highest BCUT2D eigenvalue weighted by Gasteiger charge is 2.19. The molecule has 1 aromatic carbocycles. The Morgan fingerprint density at radius 3 is 2.67 bits per heavy atom. The van der Waals surface area contributed by atoms with Crippen LogP contribution < -0.4 is 4.90 Å². The normalized spacial score (nSPS) is 11.3. The van der Waals surface area contributed by atoms with Crippen LogP contribution in [0.4, 0.5) is 19.7 Å². The Bertz CT molecular complexity index is 1130. The molecule has 0 atom stereocenters. The third kappa shape index (κ3) is 3.08. The summed E-state index contributed by atoms with van der Waals surface area (Å²) in [7, 11) is 1.94. The molecule has 4 nitrogen and oxygen atoms in total. The fourth-order valence-corrected chi connectivity index (χ4v) is 3.88. The minimum Gasteiger partial charge on any atom is -0.305 e. The van der Waals surface area contributed by atoms with Gasteiger partial charge in [-0.3, -0.25) is 4.40 Å². The first kappa shape index (κ1) is 17.6. The van der Waals surface area contributed by atoms with Crippen molar-refractivity contribution < 1.29 is 8.78 Å². The van der Waals surface area contributed by atoms with Gasteiger partial charge in [0.05, 0.1) is 11.4 Å². The molecule has 0 unspecified atom stereocenters. The summed E-state index contributed by atoms with van der Waals surface area (Å²) >= 11 is 1.45. The number of benzene rings is 1. The zero-order valence-electron chi connectivity index (χ0n) is 15.2. The highest BCUT2D eigenvalue weighted by atomic mass is 32.1. The van der Waals surface area contributed by atoms with E-state index in [1.165, 1.54) is 23.5 Å². The summed E-state index contributed by atoms with van der Waals surface area (Å²) in [5.74, 6) is -0.775. The predicted octanol–water partition coefficient (Wildman–Crippen LogP) is 5.37. The average Bonchev–Trinajstić information content (AvgIpc) is 3.28. The molecular formula is C20H18F2N4S. The van der Waals surface area contributed by atoms with E-state index in [2.05, 4.69) is 22.5 Å². The summed E-state index contributed by atoms with van der Waals surface area (Å²) in [6.45, 7) is 4.11. The summed E-state index contributed by atoms with van der Waals surface area (Å²) in [4.78, 5) is 11.3. The van der Waals surface area contributed by atoms with Gasteiger partial charge in [0.25, 0.3) is 0 Å². The monoisotopic (exact) mass is 384 g/mol. The van der Waals surface area contributed by atoms with Crippen molar-refractivity contribution >= 4 is 27.9 Å². The smallest absolute Gasteiger partial charge is 0.191 e. The fourth-order valence-electron chi connectivity index (χ4n) is 3.08. The number of rotatable bonds is 4. The van der Waals surface area contributed by atoms with E-state index in [9.17, 15) is 8.78 Å². The number of hydrogen-bond donors (Lipinski definition) is 0. The second-order valence-electron chi connectivity index (χ2n) is 6.37. The molecule has 0 aliphatic heterocycles. The maximum absolute atomic E-state index is 13.5. The van der Waals surface area contributed by atoms with Gasteiger partial charge in [-0.2, -0.15) is 0 Å². The van der Waals surface area contributed by atoms with Crippen LogP contribution in [0.1, 0.15) is 18.2 Å². The van der Waals surface area contributed by atoms with E-state index in [0.29, 0.717) is 11.3 Å². The Morgan fingerprint density at radius 1 is 1.11 bits per heavy atom. The van der Waals surface area contributed by atoms with E-state index in [1.54, 1.807) is 0 Å².